The van der Waals surface area contributed by atoms with Crippen LogP contribution in [0, 0.1) is 13.8 Å². The maximum absolute atomic E-state index is 11.0. The summed E-state index contributed by atoms with van der Waals surface area (Å²) in [5.41, 5.74) is 4.60. The predicted octanol–water partition coefficient (Wildman–Crippen LogP) is 2.82. The Bertz CT molecular complexity index is 323. The molecule has 14 heavy (non-hydrogen) atoms. The Labute approximate surface area is 85.3 Å². The number of carbonyl (C=O) groups is 1. The number of anilines is 1. The molecule has 0 fully saturated rings. The zero-order chi connectivity index (χ0) is 10.7. The van der Waals surface area contributed by atoms with Gasteiger partial charge in [0.25, 0.3) is 0 Å². The van der Waals surface area contributed by atoms with Gasteiger partial charge in [-0.3, -0.25) is 4.79 Å². The summed E-state index contributed by atoms with van der Waals surface area (Å²) in [5.74, 6) is 0.106. The summed E-state index contributed by atoms with van der Waals surface area (Å²) >= 11 is 0. The normalized spacial score (nSPS) is 12.7. The zero-order valence-corrected chi connectivity index (χ0v) is 9.27. The molecule has 0 unspecified atom stereocenters. The van der Waals surface area contributed by atoms with E-state index in [0.29, 0.717) is 6.42 Å². The van der Waals surface area contributed by atoms with Gasteiger partial charge in [-0.05, 0) is 36.6 Å². The van der Waals surface area contributed by atoms with Crippen LogP contribution >= 0.6 is 0 Å². The summed E-state index contributed by atoms with van der Waals surface area (Å²) in [4.78, 5) is 11.0. The van der Waals surface area contributed by atoms with E-state index in [9.17, 15) is 4.79 Å². The minimum Gasteiger partial charge on any atom is -0.326 e. The van der Waals surface area contributed by atoms with Crippen molar-refractivity contribution < 1.29 is 4.79 Å². The number of hydrogen-bond donors (Lipinski definition) is 1. The highest BCUT2D eigenvalue weighted by molar-refractivity contribution is 5.99. The molecule has 1 N–H and O–H groups in total. The Morgan fingerprint density at radius 3 is 2.36 bits per heavy atom. The molecule has 1 aromatic carbocycles. The van der Waals surface area contributed by atoms with Crippen molar-refractivity contribution >= 4 is 11.6 Å². The molecule has 76 valence electrons. The SMILES string of the molecule is CC.Cc1cc2c(cc1C)NC(=O)C2. The molecule has 0 radical (unpaired) electrons. The largest absolute Gasteiger partial charge is 0.326 e. The standard InChI is InChI=1S/C10H11NO.C2H6/c1-6-3-8-5-10(12)11-9(8)4-7(6)2;1-2/h3-4H,5H2,1-2H3,(H,11,12);1-2H3. The van der Waals surface area contributed by atoms with Crippen LogP contribution in [-0.4, -0.2) is 5.91 Å². The maximum atomic E-state index is 11.0. The average molecular weight is 191 g/mol. The molecule has 1 amide bonds. The Morgan fingerprint density at radius 1 is 1.14 bits per heavy atom. The first-order valence-electron chi connectivity index (χ1n) is 5.07. The summed E-state index contributed by atoms with van der Waals surface area (Å²) in [6, 6.07) is 4.12. The van der Waals surface area contributed by atoms with E-state index in [0.717, 1.165) is 11.3 Å². The second-order valence-corrected chi connectivity index (χ2v) is 3.32. The number of fused-ring (bicyclic) bond motifs is 1. The Hall–Kier alpha value is -1.31. The number of carbonyl (C=O) groups excluding carboxylic acids is 1. The van der Waals surface area contributed by atoms with E-state index in [1.165, 1.54) is 11.1 Å². The lowest BCUT2D eigenvalue weighted by atomic mass is 10.0. The number of nitrogens with one attached hydrogen (secondary N) is 1. The monoisotopic (exact) mass is 191 g/mol. The fourth-order valence-electron chi connectivity index (χ4n) is 1.51. The van der Waals surface area contributed by atoms with Gasteiger partial charge in [0.1, 0.15) is 0 Å². The number of aryl methyl sites for hydroxylation is 2. The van der Waals surface area contributed by atoms with E-state index in [-0.39, 0.29) is 5.91 Å². The Morgan fingerprint density at radius 2 is 1.71 bits per heavy atom. The highest BCUT2D eigenvalue weighted by Crippen LogP contribution is 2.25. The van der Waals surface area contributed by atoms with Crippen molar-refractivity contribution in [2.24, 2.45) is 0 Å². The highest BCUT2D eigenvalue weighted by atomic mass is 16.1. The third kappa shape index (κ3) is 1.95. The van der Waals surface area contributed by atoms with Gasteiger partial charge in [-0.1, -0.05) is 19.9 Å². The van der Waals surface area contributed by atoms with E-state index >= 15 is 0 Å². The van der Waals surface area contributed by atoms with Crippen molar-refractivity contribution in [3.63, 3.8) is 0 Å². The average Bonchev–Trinajstić information content (AvgIpc) is 2.49. The molecule has 2 nitrogen and oxygen atoms in total. The number of amides is 1. The van der Waals surface area contributed by atoms with Crippen molar-refractivity contribution in [2.75, 3.05) is 5.32 Å². The van der Waals surface area contributed by atoms with Crippen LogP contribution in [0.3, 0.4) is 0 Å². The quantitative estimate of drug-likeness (QED) is 0.671. The molecule has 1 aliphatic rings. The summed E-state index contributed by atoms with van der Waals surface area (Å²) in [6.45, 7) is 8.12. The van der Waals surface area contributed by atoms with E-state index in [4.69, 9.17) is 0 Å². The molecule has 0 atom stereocenters. The summed E-state index contributed by atoms with van der Waals surface area (Å²) in [5, 5.41) is 2.83. The van der Waals surface area contributed by atoms with E-state index in [1.807, 2.05) is 19.9 Å². The molecule has 1 heterocycles. The van der Waals surface area contributed by atoms with Gasteiger partial charge in [-0.25, -0.2) is 0 Å². The molecule has 2 heteroatoms. The first-order chi connectivity index (χ1) is 6.66. The van der Waals surface area contributed by atoms with Crippen LogP contribution in [0.5, 0.6) is 0 Å². The minimum absolute atomic E-state index is 0.106. The van der Waals surface area contributed by atoms with Crippen LogP contribution in [0.4, 0.5) is 5.69 Å². The third-order valence-corrected chi connectivity index (χ3v) is 2.34. The molecular weight excluding hydrogens is 174 g/mol. The predicted molar refractivity (Wildman–Crippen MR) is 59.6 cm³/mol. The van der Waals surface area contributed by atoms with Crippen molar-refractivity contribution in [2.45, 2.75) is 34.1 Å². The zero-order valence-electron chi connectivity index (χ0n) is 9.27. The van der Waals surface area contributed by atoms with Gasteiger partial charge in [0.2, 0.25) is 5.91 Å². The van der Waals surface area contributed by atoms with Gasteiger partial charge >= 0.3 is 0 Å². The number of rotatable bonds is 0. The van der Waals surface area contributed by atoms with Crippen LogP contribution in [0.1, 0.15) is 30.5 Å². The van der Waals surface area contributed by atoms with E-state index in [1.54, 1.807) is 0 Å². The minimum atomic E-state index is 0.106. The molecule has 0 bridgehead atoms. The number of benzene rings is 1. The third-order valence-electron chi connectivity index (χ3n) is 2.34. The summed E-state index contributed by atoms with van der Waals surface area (Å²) in [6.07, 6.45) is 0.538. The van der Waals surface area contributed by atoms with Gasteiger partial charge in [-0.2, -0.15) is 0 Å². The fraction of sp³-hybridized carbons (Fsp3) is 0.417. The summed E-state index contributed by atoms with van der Waals surface area (Å²) < 4.78 is 0. The number of hydrogen-bond acceptors (Lipinski definition) is 1. The molecule has 2 rings (SSSR count). The first-order valence-corrected chi connectivity index (χ1v) is 5.07. The molecule has 0 aliphatic carbocycles. The van der Waals surface area contributed by atoms with Crippen LogP contribution in [-0.2, 0) is 11.2 Å². The Kier molecular flexibility index (Phi) is 3.28. The second-order valence-electron chi connectivity index (χ2n) is 3.32. The Balaban J connectivity index is 0.000000461. The van der Waals surface area contributed by atoms with Gasteiger partial charge in [0.15, 0.2) is 0 Å². The lowest BCUT2D eigenvalue weighted by Crippen LogP contribution is -2.03. The fourth-order valence-corrected chi connectivity index (χ4v) is 1.51. The van der Waals surface area contributed by atoms with Crippen LogP contribution in [0.25, 0.3) is 0 Å². The molecule has 0 spiro atoms. The van der Waals surface area contributed by atoms with Gasteiger partial charge in [-0.15, -0.1) is 0 Å². The van der Waals surface area contributed by atoms with Crippen molar-refractivity contribution in [3.05, 3.63) is 28.8 Å². The van der Waals surface area contributed by atoms with Crippen LogP contribution < -0.4 is 5.32 Å². The van der Waals surface area contributed by atoms with E-state index < -0.39 is 0 Å². The first kappa shape index (κ1) is 10.8. The van der Waals surface area contributed by atoms with Crippen molar-refractivity contribution in [1.29, 1.82) is 0 Å². The van der Waals surface area contributed by atoms with Gasteiger partial charge < -0.3 is 5.32 Å². The highest BCUT2D eigenvalue weighted by Gasteiger charge is 2.17. The maximum Gasteiger partial charge on any atom is 0.228 e. The van der Waals surface area contributed by atoms with Gasteiger partial charge in [0, 0.05) is 5.69 Å². The summed E-state index contributed by atoms with van der Waals surface area (Å²) in [7, 11) is 0. The van der Waals surface area contributed by atoms with Crippen molar-refractivity contribution in [1.82, 2.24) is 0 Å². The molecule has 1 aromatic rings. The van der Waals surface area contributed by atoms with Crippen LogP contribution in [0.15, 0.2) is 12.1 Å². The molecular formula is C12H17NO. The lowest BCUT2D eigenvalue weighted by molar-refractivity contribution is -0.115. The second kappa shape index (κ2) is 4.27. The molecule has 0 saturated heterocycles. The lowest BCUT2D eigenvalue weighted by Gasteiger charge is -2.03. The van der Waals surface area contributed by atoms with E-state index in [2.05, 4.69) is 25.2 Å². The molecule has 1 aliphatic heterocycles. The van der Waals surface area contributed by atoms with Crippen LogP contribution in [0.2, 0.25) is 0 Å². The van der Waals surface area contributed by atoms with Crippen molar-refractivity contribution in [3.8, 4) is 0 Å². The molecule has 0 aromatic heterocycles. The van der Waals surface area contributed by atoms with Gasteiger partial charge in [0.05, 0.1) is 6.42 Å². The topological polar surface area (TPSA) is 29.1 Å². The smallest absolute Gasteiger partial charge is 0.228 e. The molecule has 0 saturated carbocycles.